The van der Waals surface area contributed by atoms with Crippen molar-refractivity contribution in [1.82, 2.24) is 14.8 Å². The number of piperazine rings is 1. The van der Waals surface area contributed by atoms with Gasteiger partial charge in [-0.15, -0.1) is 0 Å². The lowest BCUT2D eigenvalue weighted by Crippen LogP contribution is -2.48. The Morgan fingerprint density at radius 2 is 1.62 bits per heavy atom. The summed E-state index contributed by atoms with van der Waals surface area (Å²) < 4.78 is 26.3. The molecule has 3 aromatic carbocycles. The molecule has 0 N–H and O–H groups in total. The second-order valence-electron chi connectivity index (χ2n) is 9.12. The predicted octanol–water partition coefficient (Wildman–Crippen LogP) is 4.04. The second kappa shape index (κ2) is 10.5. The number of pyridine rings is 1. The molecule has 0 atom stereocenters. The van der Waals surface area contributed by atoms with Gasteiger partial charge in [-0.05, 0) is 41.5 Å². The smallest absolute Gasteiger partial charge is 0.253 e. The van der Waals surface area contributed by atoms with E-state index >= 15 is 0 Å². The maximum absolute atomic E-state index is 13.1. The first-order valence-electron chi connectivity index (χ1n) is 12.1. The zero-order valence-corrected chi connectivity index (χ0v) is 21.1. The molecule has 37 heavy (non-hydrogen) atoms. The van der Waals surface area contributed by atoms with Gasteiger partial charge in [-0.3, -0.25) is 14.7 Å². The molecule has 1 aliphatic heterocycles. The lowest BCUT2D eigenvalue weighted by atomic mass is 10.1. The van der Waals surface area contributed by atoms with Crippen molar-refractivity contribution in [2.75, 3.05) is 26.2 Å². The highest BCUT2D eigenvalue weighted by Crippen LogP contribution is 2.24. The van der Waals surface area contributed by atoms with Crippen LogP contribution in [0.2, 0.25) is 0 Å². The van der Waals surface area contributed by atoms with Crippen LogP contribution in [0.1, 0.15) is 27.0 Å². The number of para-hydroxylation sites is 1. The molecule has 0 aliphatic carbocycles. The number of hydrogen-bond donors (Lipinski definition) is 0. The van der Waals surface area contributed by atoms with E-state index in [0.29, 0.717) is 41.8 Å². The van der Waals surface area contributed by atoms with Gasteiger partial charge in [-0.25, -0.2) is 8.42 Å². The Hall–Kier alpha value is -4.06. The molecule has 0 bridgehead atoms. The van der Waals surface area contributed by atoms with Gasteiger partial charge in [0.2, 0.25) is 0 Å². The van der Waals surface area contributed by atoms with Crippen LogP contribution in [-0.2, 0) is 22.1 Å². The summed E-state index contributed by atoms with van der Waals surface area (Å²) in [5, 5.41) is 10.1. The minimum Gasteiger partial charge on any atom is -0.336 e. The number of benzene rings is 3. The molecular formula is C29H26N4O3S. The molecule has 7 nitrogen and oxygen atoms in total. The number of rotatable bonds is 6. The minimum absolute atomic E-state index is 0.0651. The molecule has 1 saturated heterocycles. The van der Waals surface area contributed by atoms with Gasteiger partial charge < -0.3 is 4.90 Å². The standard InChI is InChI=1S/C29H26N4O3S/c30-19-25-5-1-2-6-26(25)20-32-15-17-33(18-16-32)29(34)24-12-10-22(11-13-24)21-37(35,36)27-9-3-7-23-8-4-14-31-28(23)27/h1-14H,15-18,20-21H2. The lowest BCUT2D eigenvalue weighted by molar-refractivity contribution is 0.0628. The van der Waals surface area contributed by atoms with E-state index in [2.05, 4.69) is 16.0 Å². The molecule has 1 amide bonds. The summed E-state index contributed by atoms with van der Waals surface area (Å²) in [7, 11) is -3.61. The van der Waals surface area contributed by atoms with E-state index in [0.717, 1.165) is 24.0 Å². The normalized spacial score (nSPS) is 14.4. The Kier molecular flexibility index (Phi) is 6.99. The third-order valence-electron chi connectivity index (χ3n) is 6.68. The lowest BCUT2D eigenvalue weighted by Gasteiger charge is -2.35. The van der Waals surface area contributed by atoms with E-state index in [1.165, 1.54) is 0 Å². The number of carbonyl (C=O) groups excluding carboxylic acids is 1. The molecule has 8 heteroatoms. The fourth-order valence-electron chi connectivity index (χ4n) is 4.67. The Morgan fingerprint density at radius 1 is 0.892 bits per heavy atom. The summed E-state index contributed by atoms with van der Waals surface area (Å²) in [5.41, 5.74) is 3.29. The Morgan fingerprint density at radius 3 is 2.38 bits per heavy atom. The molecule has 1 aliphatic rings. The summed E-state index contributed by atoms with van der Waals surface area (Å²) in [4.78, 5) is 21.6. The van der Waals surface area contributed by atoms with Crippen molar-refractivity contribution >= 4 is 26.6 Å². The van der Waals surface area contributed by atoms with Gasteiger partial charge in [0, 0.05) is 49.9 Å². The number of nitriles is 1. The fourth-order valence-corrected chi connectivity index (χ4v) is 6.21. The van der Waals surface area contributed by atoms with Crippen molar-refractivity contribution < 1.29 is 13.2 Å². The third-order valence-corrected chi connectivity index (χ3v) is 8.39. The highest BCUT2D eigenvalue weighted by Gasteiger charge is 2.23. The van der Waals surface area contributed by atoms with E-state index < -0.39 is 9.84 Å². The van der Waals surface area contributed by atoms with E-state index in [9.17, 15) is 18.5 Å². The van der Waals surface area contributed by atoms with Crippen LogP contribution in [0.3, 0.4) is 0 Å². The molecule has 1 fully saturated rings. The molecule has 0 unspecified atom stereocenters. The van der Waals surface area contributed by atoms with Crippen LogP contribution in [0, 0.1) is 11.3 Å². The quantitative estimate of drug-likeness (QED) is 0.389. The number of amides is 1. The van der Waals surface area contributed by atoms with Crippen LogP contribution in [0.25, 0.3) is 10.9 Å². The van der Waals surface area contributed by atoms with E-state index in [1.807, 2.05) is 41.3 Å². The average molecular weight is 511 g/mol. The molecule has 0 spiro atoms. The van der Waals surface area contributed by atoms with Gasteiger partial charge in [0.1, 0.15) is 0 Å². The number of hydrogen-bond acceptors (Lipinski definition) is 6. The molecule has 4 aromatic rings. The monoisotopic (exact) mass is 510 g/mol. The largest absolute Gasteiger partial charge is 0.336 e. The third kappa shape index (κ3) is 5.38. The van der Waals surface area contributed by atoms with Gasteiger partial charge in [0.05, 0.1) is 27.8 Å². The average Bonchev–Trinajstić information content (AvgIpc) is 2.93. The van der Waals surface area contributed by atoms with Crippen LogP contribution in [0.15, 0.2) is 90.0 Å². The van der Waals surface area contributed by atoms with Crippen LogP contribution in [-0.4, -0.2) is 55.3 Å². The highest BCUT2D eigenvalue weighted by atomic mass is 32.2. The zero-order valence-electron chi connectivity index (χ0n) is 20.2. The van der Waals surface area contributed by atoms with Gasteiger partial charge >= 0.3 is 0 Å². The van der Waals surface area contributed by atoms with Crippen molar-refractivity contribution in [1.29, 1.82) is 5.26 Å². The predicted molar refractivity (Wildman–Crippen MR) is 141 cm³/mol. The molecule has 1 aromatic heterocycles. The maximum Gasteiger partial charge on any atom is 0.253 e. The summed E-state index contributed by atoms with van der Waals surface area (Å²) in [5.74, 6) is -0.232. The first-order chi connectivity index (χ1) is 17.9. The van der Waals surface area contributed by atoms with Crippen molar-refractivity contribution in [2.24, 2.45) is 0 Å². The SMILES string of the molecule is N#Cc1ccccc1CN1CCN(C(=O)c2ccc(CS(=O)(=O)c3cccc4cccnc34)cc2)CC1. The Labute approximate surface area is 216 Å². The van der Waals surface area contributed by atoms with E-state index in [-0.39, 0.29) is 16.6 Å². The van der Waals surface area contributed by atoms with Crippen molar-refractivity contribution in [3.8, 4) is 6.07 Å². The number of carbonyl (C=O) groups is 1. The van der Waals surface area contributed by atoms with Gasteiger partial charge in [0.15, 0.2) is 9.84 Å². The zero-order chi connectivity index (χ0) is 25.8. The summed E-state index contributed by atoms with van der Waals surface area (Å²) >= 11 is 0. The summed E-state index contributed by atoms with van der Waals surface area (Å²) in [6.07, 6.45) is 1.59. The Balaban J connectivity index is 1.22. The van der Waals surface area contributed by atoms with Crippen LogP contribution in [0.5, 0.6) is 0 Å². The number of fused-ring (bicyclic) bond motifs is 1. The van der Waals surface area contributed by atoms with E-state index in [4.69, 9.17) is 0 Å². The van der Waals surface area contributed by atoms with Crippen molar-refractivity contribution in [3.63, 3.8) is 0 Å². The second-order valence-corrected chi connectivity index (χ2v) is 11.1. The first kappa shape index (κ1) is 24.6. The molecule has 0 saturated carbocycles. The van der Waals surface area contributed by atoms with Crippen LogP contribution >= 0.6 is 0 Å². The number of sulfone groups is 1. The molecule has 2 heterocycles. The molecule has 0 radical (unpaired) electrons. The van der Waals surface area contributed by atoms with Gasteiger partial charge in [0.25, 0.3) is 5.91 Å². The number of nitrogens with zero attached hydrogens (tertiary/aromatic N) is 4. The first-order valence-corrected chi connectivity index (χ1v) is 13.7. The Bertz CT molecular complexity index is 1580. The maximum atomic E-state index is 13.1. The molecule has 5 rings (SSSR count). The minimum atomic E-state index is -3.61. The van der Waals surface area contributed by atoms with E-state index in [1.54, 1.807) is 48.7 Å². The van der Waals surface area contributed by atoms with Crippen molar-refractivity contribution in [3.05, 3.63) is 107 Å². The van der Waals surface area contributed by atoms with Gasteiger partial charge in [-0.2, -0.15) is 5.26 Å². The molecule has 186 valence electrons. The topological polar surface area (TPSA) is 94.4 Å². The van der Waals surface area contributed by atoms with Crippen LogP contribution in [0.4, 0.5) is 0 Å². The highest BCUT2D eigenvalue weighted by molar-refractivity contribution is 7.90. The van der Waals surface area contributed by atoms with Gasteiger partial charge in [-0.1, -0.05) is 48.5 Å². The summed E-state index contributed by atoms with van der Waals surface area (Å²) in [6, 6.07) is 25.4. The fraction of sp³-hybridized carbons (Fsp3) is 0.207. The summed E-state index contributed by atoms with van der Waals surface area (Å²) in [6.45, 7) is 3.32. The number of aromatic nitrogens is 1. The van der Waals surface area contributed by atoms with Crippen molar-refractivity contribution in [2.45, 2.75) is 17.2 Å². The van der Waals surface area contributed by atoms with Crippen LogP contribution < -0.4 is 0 Å². The molecular weight excluding hydrogens is 484 g/mol.